The lowest BCUT2D eigenvalue weighted by Gasteiger charge is -2.13. The van der Waals surface area contributed by atoms with Crippen LogP contribution in [0.25, 0.3) is 0 Å². The zero-order valence-corrected chi connectivity index (χ0v) is 12.7. The van der Waals surface area contributed by atoms with Crippen LogP contribution in [0.4, 0.5) is 0 Å². The maximum Gasteiger partial charge on any atom is 0.161 e. The minimum Gasteiger partial charge on any atom is -0.490 e. The van der Waals surface area contributed by atoms with Gasteiger partial charge in [-0.3, -0.25) is 4.98 Å². The van der Waals surface area contributed by atoms with E-state index in [1.165, 1.54) is 0 Å². The van der Waals surface area contributed by atoms with Crippen molar-refractivity contribution in [1.29, 1.82) is 0 Å². The van der Waals surface area contributed by atoms with Crippen LogP contribution in [0.5, 0.6) is 11.5 Å². The molecule has 0 radical (unpaired) electrons. The van der Waals surface area contributed by atoms with Crippen molar-refractivity contribution in [2.75, 3.05) is 13.2 Å². The summed E-state index contributed by atoms with van der Waals surface area (Å²) in [4.78, 5) is 4.60. The summed E-state index contributed by atoms with van der Waals surface area (Å²) >= 11 is 4.97. The van der Waals surface area contributed by atoms with E-state index in [-0.39, 0.29) is 0 Å². The van der Waals surface area contributed by atoms with Crippen LogP contribution >= 0.6 is 12.2 Å². The van der Waals surface area contributed by atoms with Crippen LogP contribution in [-0.2, 0) is 6.42 Å². The maximum absolute atomic E-state index is 5.78. The number of pyridine rings is 1. The molecule has 2 rings (SSSR count). The molecule has 5 heteroatoms. The first-order valence-electron chi connectivity index (χ1n) is 6.80. The smallest absolute Gasteiger partial charge is 0.161 e. The lowest BCUT2D eigenvalue weighted by atomic mass is 10.2. The molecule has 110 valence electrons. The molecule has 0 unspecified atom stereocenters. The van der Waals surface area contributed by atoms with Gasteiger partial charge in [-0.2, -0.15) is 0 Å². The van der Waals surface area contributed by atoms with Gasteiger partial charge in [0.1, 0.15) is 4.99 Å². The lowest BCUT2D eigenvalue weighted by Crippen LogP contribution is -2.10. The Morgan fingerprint density at radius 1 is 1.19 bits per heavy atom. The molecule has 1 aromatic carbocycles. The molecule has 21 heavy (non-hydrogen) atoms. The van der Waals surface area contributed by atoms with Gasteiger partial charge in [0.15, 0.2) is 11.5 Å². The summed E-state index contributed by atoms with van der Waals surface area (Å²) < 4.78 is 11.4. The maximum atomic E-state index is 5.78. The molecule has 0 bridgehead atoms. The minimum atomic E-state index is 0.344. The summed E-state index contributed by atoms with van der Waals surface area (Å²) in [6.07, 6.45) is 2.52. The van der Waals surface area contributed by atoms with Crippen LogP contribution in [0, 0.1) is 0 Å². The van der Waals surface area contributed by atoms with Gasteiger partial charge in [0.25, 0.3) is 0 Å². The standard InChI is InChI=1S/C16H18N2O2S/c1-2-19-15-11-12(16(17)21)6-7-14(15)20-10-8-13-5-3-4-9-18-13/h3-7,9,11H,2,8,10H2,1H3,(H2,17,21). The average molecular weight is 302 g/mol. The van der Waals surface area contributed by atoms with Crippen molar-refractivity contribution in [3.05, 3.63) is 53.9 Å². The fourth-order valence-corrected chi connectivity index (χ4v) is 1.99. The van der Waals surface area contributed by atoms with Crippen molar-refractivity contribution in [1.82, 2.24) is 4.98 Å². The first-order chi connectivity index (χ1) is 10.2. The molecular formula is C16H18N2O2S. The number of ether oxygens (including phenoxy) is 2. The van der Waals surface area contributed by atoms with Crippen molar-refractivity contribution in [3.8, 4) is 11.5 Å². The fraction of sp³-hybridized carbons (Fsp3) is 0.250. The topological polar surface area (TPSA) is 57.4 Å². The van der Waals surface area contributed by atoms with Crippen molar-refractivity contribution >= 4 is 17.2 Å². The van der Waals surface area contributed by atoms with E-state index >= 15 is 0 Å². The molecule has 0 saturated carbocycles. The second-order valence-electron chi connectivity index (χ2n) is 4.38. The van der Waals surface area contributed by atoms with E-state index < -0.39 is 0 Å². The van der Waals surface area contributed by atoms with E-state index in [4.69, 9.17) is 27.4 Å². The Bertz CT molecular complexity index is 602. The van der Waals surface area contributed by atoms with Crippen LogP contribution < -0.4 is 15.2 Å². The molecule has 1 heterocycles. The summed E-state index contributed by atoms with van der Waals surface area (Å²) in [5, 5.41) is 0. The Kier molecular flexibility index (Phi) is 5.51. The van der Waals surface area contributed by atoms with Crippen LogP contribution in [0.1, 0.15) is 18.2 Å². The van der Waals surface area contributed by atoms with Gasteiger partial charge >= 0.3 is 0 Å². The van der Waals surface area contributed by atoms with Crippen molar-refractivity contribution in [2.45, 2.75) is 13.3 Å². The number of aromatic nitrogens is 1. The molecule has 0 aliphatic rings. The summed E-state index contributed by atoms with van der Waals surface area (Å²) in [5.74, 6) is 1.34. The van der Waals surface area contributed by atoms with Crippen LogP contribution in [0.3, 0.4) is 0 Å². The van der Waals surface area contributed by atoms with Crippen LogP contribution in [0.15, 0.2) is 42.6 Å². The van der Waals surface area contributed by atoms with E-state index in [0.717, 1.165) is 17.7 Å². The van der Waals surface area contributed by atoms with Gasteiger partial charge in [-0.05, 0) is 37.3 Å². The van der Waals surface area contributed by atoms with E-state index in [9.17, 15) is 0 Å². The highest BCUT2D eigenvalue weighted by molar-refractivity contribution is 7.80. The Morgan fingerprint density at radius 3 is 2.71 bits per heavy atom. The third-order valence-electron chi connectivity index (χ3n) is 2.87. The highest BCUT2D eigenvalue weighted by Crippen LogP contribution is 2.28. The zero-order valence-electron chi connectivity index (χ0n) is 11.9. The number of nitrogens with two attached hydrogens (primary N) is 1. The van der Waals surface area contributed by atoms with Gasteiger partial charge in [0, 0.05) is 23.9 Å². The average Bonchev–Trinajstić information content (AvgIpc) is 2.50. The first-order valence-corrected chi connectivity index (χ1v) is 7.21. The Balaban J connectivity index is 2.03. The van der Waals surface area contributed by atoms with Gasteiger partial charge in [-0.25, -0.2) is 0 Å². The van der Waals surface area contributed by atoms with Gasteiger partial charge < -0.3 is 15.2 Å². The second kappa shape index (κ2) is 7.59. The Morgan fingerprint density at radius 2 is 2.05 bits per heavy atom. The predicted molar refractivity (Wildman–Crippen MR) is 86.9 cm³/mol. The number of nitrogens with zero attached hydrogens (tertiary/aromatic N) is 1. The number of thiocarbonyl (C=S) groups is 1. The van der Waals surface area contributed by atoms with Crippen LogP contribution in [0.2, 0.25) is 0 Å². The summed E-state index contributed by atoms with van der Waals surface area (Å²) in [6, 6.07) is 11.3. The van der Waals surface area contributed by atoms with E-state index in [2.05, 4.69) is 4.98 Å². The van der Waals surface area contributed by atoms with Crippen molar-refractivity contribution in [3.63, 3.8) is 0 Å². The van der Waals surface area contributed by atoms with Gasteiger partial charge in [0.05, 0.1) is 13.2 Å². The lowest BCUT2D eigenvalue weighted by molar-refractivity contribution is 0.278. The van der Waals surface area contributed by atoms with Gasteiger partial charge in [-0.1, -0.05) is 18.3 Å². The molecule has 4 nitrogen and oxygen atoms in total. The number of hydrogen-bond donors (Lipinski definition) is 1. The van der Waals surface area contributed by atoms with Crippen LogP contribution in [-0.4, -0.2) is 23.2 Å². The number of benzene rings is 1. The highest BCUT2D eigenvalue weighted by atomic mass is 32.1. The quantitative estimate of drug-likeness (QED) is 0.797. The fourth-order valence-electron chi connectivity index (χ4n) is 1.86. The summed E-state index contributed by atoms with van der Waals surface area (Å²) in [6.45, 7) is 3.01. The predicted octanol–water partition coefficient (Wildman–Crippen LogP) is 2.74. The molecule has 0 aliphatic carbocycles. The van der Waals surface area contributed by atoms with Gasteiger partial charge in [0.2, 0.25) is 0 Å². The molecule has 1 aromatic heterocycles. The van der Waals surface area contributed by atoms with E-state index in [1.54, 1.807) is 6.20 Å². The molecule has 0 atom stereocenters. The summed E-state index contributed by atoms with van der Waals surface area (Å²) in [5.41, 5.74) is 7.40. The van der Waals surface area contributed by atoms with Gasteiger partial charge in [-0.15, -0.1) is 0 Å². The van der Waals surface area contributed by atoms with Crippen molar-refractivity contribution in [2.24, 2.45) is 5.73 Å². The molecule has 0 spiro atoms. The SMILES string of the molecule is CCOc1cc(C(N)=S)ccc1OCCc1ccccn1. The molecular weight excluding hydrogens is 284 g/mol. The summed E-state index contributed by atoms with van der Waals surface area (Å²) in [7, 11) is 0. The first kappa shape index (κ1) is 15.3. The third kappa shape index (κ3) is 4.43. The minimum absolute atomic E-state index is 0.344. The second-order valence-corrected chi connectivity index (χ2v) is 4.82. The normalized spacial score (nSPS) is 10.1. The van der Waals surface area contributed by atoms with E-state index in [0.29, 0.717) is 29.7 Å². The molecule has 0 amide bonds. The number of hydrogen-bond acceptors (Lipinski definition) is 4. The van der Waals surface area contributed by atoms with Crippen molar-refractivity contribution < 1.29 is 9.47 Å². The molecule has 0 aliphatic heterocycles. The zero-order chi connectivity index (χ0) is 15.1. The highest BCUT2D eigenvalue weighted by Gasteiger charge is 2.08. The molecule has 0 fully saturated rings. The van der Waals surface area contributed by atoms with E-state index in [1.807, 2.05) is 43.3 Å². The third-order valence-corrected chi connectivity index (χ3v) is 3.11. The monoisotopic (exact) mass is 302 g/mol. The molecule has 2 aromatic rings. The molecule has 2 N–H and O–H groups in total. The Labute approximate surface area is 129 Å². The molecule has 0 saturated heterocycles. The number of rotatable bonds is 7. The Hall–Kier alpha value is -2.14. The largest absolute Gasteiger partial charge is 0.490 e.